The average molecular weight is 298 g/mol. The highest BCUT2D eigenvalue weighted by Gasteiger charge is 2.20. The summed E-state index contributed by atoms with van der Waals surface area (Å²) in [6, 6.07) is 0.290. The van der Waals surface area contributed by atoms with E-state index in [0.29, 0.717) is 18.2 Å². The third-order valence-corrected chi connectivity index (χ3v) is 5.01. The first-order valence-electron chi connectivity index (χ1n) is 7.56. The molecule has 1 atom stereocenters. The Morgan fingerprint density at radius 3 is 2.65 bits per heavy atom. The highest BCUT2D eigenvalue weighted by Crippen LogP contribution is 2.30. The van der Waals surface area contributed by atoms with E-state index >= 15 is 0 Å². The van der Waals surface area contributed by atoms with Gasteiger partial charge in [0.05, 0.1) is 12.6 Å². The third kappa shape index (κ3) is 3.96. The van der Waals surface area contributed by atoms with Crippen LogP contribution in [0.15, 0.2) is 5.16 Å². The Bertz CT molecular complexity index is 415. The number of hydrogen-bond donors (Lipinski definition) is 2. The first kappa shape index (κ1) is 15.8. The van der Waals surface area contributed by atoms with Crippen molar-refractivity contribution in [2.24, 2.45) is 11.7 Å². The van der Waals surface area contributed by atoms with E-state index in [0.717, 1.165) is 17.4 Å². The monoisotopic (exact) mass is 298 g/mol. The van der Waals surface area contributed by atoms with Crippen molar-refractivity contribution in [2.45, 2.75) is 69.8 Å². The summed E-state index contributed by atoms with van der Waals surface area (Å²) in [7, 11) is 0. The van der Waals surface area contributed by atoms with Gasteiger partial charge in [-0.2, -0.15) is 0 Å². The van der Waals surface area contributed by atoms with Crippen molar-refractivity contribution in [1.29, 1.82) is 0 Å². The van der Waals surface area contributed by atoms with Gasteiger partial charge in [0, 0.05) is 11.8 Å². The van der Waals surface area contributed by atoms with Gasteiger partial charge in [-0.25, -0.2) is 0 Å². The maximum Gasteiger partial charge on any atom is 0.191 e. The lowest BCUT2D eigenvalue weighted by Crippen LogP contribution is -2.16. The van der Waals surface area contributed by atoms with Crippen LogP contribution in [0.4, 0.5) is 0 Å². The Balaban J connectivity index is 1.88. The highest BCUT2D eigenvalue weighted by atomic mass is 32.2. The third-order valence-electron chi connectivity index (χ3n) is 3.92. The molecule has 0 aromatic carbocycles. The van der Waals surface area contributed by atoms with Gasteiger partial charge in [0.15, 0.2) is 5.16 Å². The van der Waals surface area contributed by atoms with Gasteiger partial charge in [-0.1, -0.05) is 37.4 Å². The normalized spacial score (nSPS) is 18.1. The number of aliphatic hydroxyl groups excluding tert-OH is 1. The minimum atomic E-state index is -0.248. The largest absolute Gasteiger partial charge is 0.392 e. The topological polar surface area (TPSA) is 77.0 Å². The number of thioether (sulfide) groups is 1. The van der Waals surface area contributed by atoms with Crippen molar-refractivity contribution in [2.75, 3.05) is 5.75 Å². The summed E-state index contributed by atoms with van der Waals surface area (Å²) in [6.07, 6.45) is 5.88. The standard InChI is InChI=1S/C14H26N4OS/c1-10(2)18-13(8-15)16-17-14(18)20-9-12(19)7-11-5-3-4-6-11/h10-12,19H,3-9,15H2,1-2H3. The van der Waals surface area contributed by atoms with Gasteiger partial charge < -0.3 is 15.4 Å². The average Bonchev–Trinajstić information content (AvgIpc) is 3.04. The first-order chi connectivity index (χ1) is 9.61. The molecule has 0 bridgehead atoms. The lowest BCUT2D eigenvalue weighted by Gasteiger charge is -2.16. The Morgan fingerprint density at radius 2 is 2.05 bits per heavy atom. The minimum absolute atomic E-state index is 0.248. The van der Waals surface area contributed by atoms with Crippen LogP contribution in [0.3, 0.4) is 0 Å². The second-order valence-electron chi connectivity index (χ2n) is 5.92. The summed E-state index contributed by atoms with van der Waals surface area (Å²) in [4.78, 5) is 0. The van der Waals surface area contributed by atoms with Crippen molar-refractivity contribution in [3.8, 4) is 0 Å². The predicted octanol–water partition coefficient (Wildman–Crippen LogP) is 2.35. The van der Waals surface area contributed by atoms with Crippen molar-refractivity contribution in [1.82, 2.24) is 14.8 Å². The summed E-state index contributed by atoms with van der Waals surface area (Å²) in [6.45, 7) is 4.60. The van der Waals surface area contributed by atoms with E-state index < -0.39 is 0 Å². The lowest BCUT2D eigenvalue weighted by atomic mass is 10.0. The number of nitrogens with zero attached hydrogens (tertiary/aromatic N) is 3. The predicted molar refractivity (Wildman–Crippen MR) is 81.6 cm³/mol. The molecule has 6 heteroatoms. The second kappa shape index (κ2) is 7.43. The van der Waals surface area contributed by atoms with Crippen LogP contribution in [0.5, 0.6) is 0 Å². The molecule has 3 N–H and O–H groups in total. The van der Waals surface area contributed by atoms with Crippen molar-refractivity contribution in [3.05, 3.63) is 5.82 Å². The molecule has 114 valence electrons. The van der Waals surface area contributed by atoms with Crippen LogP contribution in [0.25, 0.3) is 0 Å². The second-order valence-corrected chi connectivity index (χ2v) is 6.90. The fourth-order valence-electron chi connectivity index (χ4n) is 2.93. The molecule has 0 saturated heterocycles. The molecule has 1 aromatic heterocycles. The first-order valence-corrected chi connectivity index (χ1v) is 8.55. The zero-order valence-corrected chi connectivity index (χ0v) is 13.3. The molecule has 1 aliphatic rings. The molecule has 5 nitrogen and oxygen atoms in total. The Hall–Kier alpha value is -0.590. The van der Waals surface area contributed by atoms with E-state index in [2.05, 4.69) is 28.6 Å². The van der Waals surface area contributed by atoms with E-state index in [1.54, 1.807) is 11.8 Å². The Labute approximate surface area is 125 Å². The minimum Gasteiger partial charge on any atom is -0.392 e. The molecule has 20 heavy (non-hydrogen) atoms. The molecule has 0 aliphatic heterocycles. The van der Waals surface area contributed by atoms with E-state index in [9.17, 15) is 5.11 Å². The number of hydrogen-bond acceptors (Lipinski definition) is 5. The molecular weight excluding hydrogens is 272 g/mol. The van der Waals surface area contributed by atoms with Gasteiger partial charge in [-0.15, -0.1) is 10.2 Å². The summed E-state index contributed by atoms with van der Waals surface area (Å²) in [5.74, 6) is 2.22. The highest BCUT2D eigenvalue weighted by molar-refractivity contribution is 7.99. The maximum atomic E-state index is 10.2. The Kier molecular flexibility index (Phi) is 5.86. The molecular formula is C14H26N4OS. The molecule has 0 amide bonds. The molecule has 1 aliphatic carbocycles. The van der Waals surface area contributed by atoms with Gasteiger partial charge >= 0.3 is 0 Å². The van der Waals surface area contributed by atoms with Crippen LogP contribution in [0.2, 0.25) is 0 Å². The van der Waals surface area contributed by atoms with Gasteiger partial charge in [-0.05, 0) is 26.2 Å². The van der Waals surface area contributed by atoms with E-state index in [-0.39, 0.29) is 12.1 Å². The quantitative estimate of drug-likeness (QED) is 0.756. The molecule has 1 heterocycles. The molecule has 1 aromatic rings. The van der Waals surface area contributed by atoms with Gasteiger partial charge in [0.2, 0.25) is 0 Å². The molecule has 1 unspecified atom stereocenters. The summed E-state index contributed by atoms with van der Waals surface area (Å²) in [5.41, 5.74) is 5.68. The molecule has 1 saturated carbocycles. The zero-order valence-electron chi connectivity index (χ0n) is 12.5. The number of aliphatic hydroxyl groups is 1. The summed E-state index contributed by atoms with van der Waals surface area (Å²) >= 11 is 1.59. The van der Waals surface area contributed by atoms with Crippen LogP contribution < -0.4 is 5.73 Å². The van der Waals surface area contributed by atoms with E-state index in [4.69, 9.17) is 5.73 Å². The van der Waals surface area contributed by atoms with Crippen molar-refractivity contribution >= 4 is 11.8 Å². The zero-order chi connectivity index (χ0) is 14.5. The fourth-order valence-corrected chi connectivity index (χ4v) is 3.96. The van der Waals surface area contributed by atoms with E-state index in [1.807, 2.05) is 0 Å². The van der Waals surface area contributed by atoms with E-state index in [1.165, 1.54) is 25.7 Å². The SMILES string of the molecule is CC(C)n1c(CN)nnc1SCC(O)CC1CCCC1. The van der Waals surface area contributed by atoms with Crippen LogP contribution in [-0.2, 0) is 6.54 Å². The van der Waals surface area contributed by atoms with Crippen LogP contribution in [0, 0.1) is 5.92 Å². The van der Waals surface area contributed by atoms with Crippen LogP contribution in [0.1, 0.15) is 57.8 Å². The lowest BCUT2D eigenvalue weighted by molar-refractivity contribution is 0.165. The summed E-state index contributed by atoms with van der Waals surface area (Å²) < 4.78 is 2.06. The smallest absolute Gasteiger partial charge is 0.191 e. The molecule has 1 fully saturated rings. The molecule has 0 spiro atoms. The van der Waals surface area contributed by atoms with Gasteiger partial charge in [-0.3, -0.25) is 0 Å². The summed E-state index contributed by atoms with van der Waals surface area (Å²) in [5, 5.41) is 19.3. The van der Waals surface area contributed by atoms with Crippen molar-refractivity contribution < 1.29 is 5.11 Å². The maximum absolute atomic E-state index is 10.2. The molecule has 2 rings (SSSR count). The van der Waals surface area contributed by atoms with Gasteiger partial charge in [0.25, 0.3) is 0 Å². The number of nitrogens with two attached hydrogens (primary N) is 1. The van der Waals surface area contributed by atoms with Crippen molar-refractivity contribution in [3.63, 3.8) is 0 Å². The number of aromatic nitrogens is 3. The van der Waals surface area contributed by atoms with Crippen LogP contribution in [-0.4, -0.2) is 31.7 Å². The number of rotatable bonds is 7. The van der Waals surface area contributed by atoms with Crippen LogP contribution >= 0.6 is 11.8 Å². The van der Waals surface area contributed by atoms with Gasteiger partial charge in [0.1, 0.15) is 5.82 Å². The molecule has 0 radical (unpaired) electrons. The Morgan fingerprint density at radius 1 is 1.35 bits per heavy atom. The fraction of sp³-hybridized carbons (Fsp3) is 0.857.